The molecule has 2 rings (SSSR count). The van der Waals surface area contributed by atoms with E-state index in [0.29, 0.717) is 0 Å². The van der Waals surface area contributed by atoms with Crippen LogP contribution in [0.3, 0.4) is 0 Å². The zero-order valence-corrected chi connectivity index (χ0v) is 11.5. The molecule has 2 aromatic carbocycles. The van der Waals surface area contributed by atoms with Crippen molar-refractivity contribution in [3.05, 3.63) is 59.2 Å². The third kappa shape index (κ3) is 3.47. The van der Waals surface area contributed by atoms with E-state index in [1.54, 1.807) is 0 Å². The van der Waals surface area contributed by atoms with Crippen molar-refractivity contribution in [3.8, 4) is 5.75 Å². The Bertz CT molecular complexity index is 641. The lowest BCUT2D eigenvalue weighted by Crippen LogP contribution is -1.97. The average molecular weight is 291 g/mol. The lowest BCUT2D eigenvalue weighted by molar-refractivity contribution is 0.303. The summed E-state index contributed by atoms with van der Waals surface area (Å²) in [5, 5.41) is 1.94. The van der Waals surface area contributed by atoms with Gasteiger partial charge < -0.3 is 4.74 Å². The Morgan fingerprint density at radius 2 is 1.75 bits per heavy atom. The quantitative estimate of drug-likeness (QED) is 0.607. The van der Waals surface area contributed by atoms with Gasteiger partial charge in [-0.2, -0.15) is 4.99 Å². The molecule has 102 valence electrons. The fraction of sp³-hybridized carbons (Fsp3) is 0.133. The number of nitrogens with zero attached hydrogens (tertiary/aromatic N) is 1. The maximum absolute atomic E-state index is 13.6. The van der Waals surface area contributed by atoms with Crippen LogP contribution in [-0.2, 0) is 6.61 Å². The number of hydrogen-bond donors (Lipinski definition) is 0. The Balaban J connectivity index is 2.14. The Hall–Kier alpha value is -2.10. The minimum Gasteiger partial charge on any atom is -0.489 e. The summed E-state index contributed by atoms with van der Waals surface area (Å²) in [6, 6.07) is 9.82. The highest BCUT2D eigenvalue weighted by molar-refractivity contribution is 7.78. The molecular formula is C15H11F2NOS. The molecule has 0 fully saturated rings. The van der Waals surface area contributed by atoms with Gasteiger partial charge in [-0.1, -0.05) is 29.8 Å². The van der Waals surface area contributed by atoms with Crippen LogP contribution in [0.25, 0.3) is 0 Å². The molecule has 0 aliphatic heterocycles. The number of rotatable bonds is 4. The number of halogens is 2. The van der Waals surface area contributed by atoms with Crippen LogP contribution in [0, 0.1) is 18.6 Å². The fourth-order valence-corrected chi connectivity index (χ4v) is 1.72. The van der Waals surface area contributed by atoms with E-state index >= 15 is 0 Å². The predicted molar refractivity (Wildman–Crippen MR) is 76.6 cm³/mol. The molecule has 2 aromatic rings. The van der Waals surface area contributed by atoms with Gasteiger partial charge in [-0.3, -0.25) is 0 Å². The Labute approximate surface area is 120 Å². The number of aliphatic imine (C=N–C) groups is 1. The number of thiocarbonyl (C=S) groups is 1. The van der Waals surface area contributed by atoms with Crippen LogP contribution in [0.5, 0.6) is 5.75 Å². The van der Waals surface area contributed by atoms with Crippen LogP contribution in [0.4, 0.5) is 14.5 Å². The van der Waals surface area contributed by atoms with E-state index < -0.39 is 17.3 Å². The molecule has 0 amide bonds. The lowest BCUT2D eigenvalue weighted by atomic mass is 10.2. The van der Waals surface area contributed by atoms with Crippen molar-refractivity contribution in [1.82, 2.24) is 0 Å². The van der Waals surface area contributed by atoms with Crippen LogP contribution >= 0.6 is 12.2 Å². The summed E-state index contributed by atoms with van der Waals surface area (Å²) < 4.78 is 32.5. The highest BCUT2D eigenvalue weighted by atomic mass is 32.1. The van der Waals surface area contributed by atoms with Crippen LogP contribution in [0.1, 0.15) is 11.1 Å². The van der Waals surface area contributed by atoms with Crippen molar-refractivity contribution < 1.29 is 13.5 Å². The monoisotopic (exact) mass is 291 g/mol. The van der Waals surface area contributed by atoms with Crippen molar-refractivity contribution in [3.63, 3.8) is 0 Å². The van der Waals surface area contributed by atoms with E-state index in [0.717, 1.165) is 23.3 Å². The number of benzene rings is 2. The van der Waals surface area contributed by atoms with Gasteiger partial charge in [0, 0.05) is 12.1 Å². The second kappa shape index (κ2) is 6.37. The van der Waals surface area contributed by atoms with Crippen LogP contribution < -0.4 is 4.74 Å². The third-order valence-corrected chi connectivity index (χ3v) is 2.77. The molecule has 20 heavy (non-hydrogen) atoms. The highest BCUT2D eigenvalue weighted by Crippen LogP contribution is 2.27. The average Bonchev–Trinajstić information content (AvgIpc) is 2.42. The Kier molecular flexibility index (Phi) is 4.56. The predicted octanol–water partition coefficient (Wildman–Crippen LogP) is 4.59. The van der Waals surface area contributed by atoms with Gasteiger partial charge in [0.05, 0.1) is 5.16 Å². The fourth-order valence-electron chi connectivity index (χ4n) is 1.63. The number of ether oxygens (including phenoxy) is 1. The zero-order valence-electron chi connectivity index (χ0n) is 10.7. The first-order valence-corrected chi connectivity index (χ1v) is 6.26. The summed E-state index contributed by atoms with van der Waals surface area (Å²) in [6.07, 6.45) is 0. The van der Waals surface area contributed by atoms with Crippen molar-refractivity contribution in [2.45, 2.75) is 13.5 Å². The number of aryl methyl sites for hydroxylation is 1. The maximum atomic E-state index is 13.6. The summed E-state index contributed by atoms with van der Waals surface area (Å²) in [6.45, 7) is 2.21. The third-order valence-electron chi connectivity index (χ3n) is 2.67. The van der Waals surface area contributed by atoms with Gasteiger partial charge in [0.15, 0.2) is 11.6 Å². The van der Waals surface area contributed by atoms with Gasteiger partial charge in [0.25, 0.3) is 0 Å². The van der Waals surface area contributed by atoms with Crippen molar-refractivity contribution in [2.24, 2.45) is 4.99 Å². The topological polar surface area (TPSA) is 21.6 Å². The molecule has 0 radical (unpaired) electrons. The normalized spacial score (nSPS) is 9.95. The van der Waals surface area contributed by atoms with Crippen molar-refractivity contribution in [1.29, 1.82) is 0 Å². The van der Waals surface area contributed by atoms with Gasteiger partial charge in [-0.05, 0) is 24.7 Å². The van der Waals surface area contributed by atoms with Crippen molar-refractivity contribution >= 4 is 23.1 Å². The molecule has 0 heterocycles. The minimum absolute atomic E-state index is 0.101. The summed E-state index contributed by atoms with van der Waals surface area (Å²) in [5.41, 5.74) is 1.59. The van der Waals surface area contributed by atoms with E-state index in [1.165, 1.54) is 0 Å². The molecule has 0 N–H and O–H groups in total. The molecule has 0 saturated carbocycles. The maximum Gasteiger partial charge on any atom is 0.156 e. The summed E-state index contributed by atoms with van der Waals surface area (Å²) >= 11 is 4.33. The Morgan fingerprint density at radius 1 is 1.15 bits per heavy atom. The first kappa shape index (κ1) is 14.3. The van der Waals surface area contributed by atoms with Gasteiger partial charge in [0.2, 0.25) is 0 Å². The smallest absolute Gasteiger partial charge is 0.156 e. The van der Waals surface area contributed by atoms with Gasteiger partial charge in [-0.25, -0.2) is 8.78 Å². The van der Waals surface area contributed by atoms with E-state index in [1.807, 2.05) is 36.4 Å². The standard InChI is InChI=1S/C15H11F2NOS/c1-10-2-4-11(5-3-10)8-19-12-6-13(16)15(18-9-20)14(17)7-12/h2-7H,8H2,1H3. The van der Waals surface area contributed by atoms with E-state index in [2.05, 4.69) is 17.2 Å². The van der Waals surface area contributed by atoms with E-state index in [-0.39, 0.29) is 12.4 Å². The molecule has 0 atom stereocenters. The molecular weight excluding hydrogens is 280 g/mol. The first-order chi connectivity index (χ1) is 9.60. The van der Waals surface area contributed by atoms with Crippen LogP contribution in [-0.4, -0.2) is 5.16 Å². The molecule has 0 unspecified atom stereocenters. The molecule has 0 spiro atoms. The highest BCUT2D eigenvalue weighted by Gasteiger charge is 2.11. The van der Waals surface area contributed by atoms with Crippen molar-refractivity contribution in [2.75, 3.05) is 0 Å². The van der Waals surface area contributed by atoms with Gasteiger partial charge in [-0.15, -0.1) is 0 Å². The van der Waals surface area contributed by atoms with E-state index in [9.17, 15) is 8.78 Å². The number of isothiocyanates is 1. The molecule has 2 nitrogen and oxygen atoms in total. The second-order valence-electron chi connectivity index (χ2n) is 4.21. The van der Waals surface area contributed by atoms with E-state index in [4.69, 9.17) is 4.74 Å². The molecule has 5 heteroatoms. The van der Waals surface area contributed by atoms with Gasteiger partial charge >= 0.3 is 0 Å². The molecule has 0 aromatic heterocycles. The number of hydrogen-bond acceptors (Lipinski definition) is 3. The zero-order chi connectivity index (χ0) is 14.5. The van der Waals surface area contributed by atoms with Crippen LogP contribution in [0.2, 0.25) is 0 Å². The SMILES string of the molecule is Cc1ccc(COc2cc(F)c(N=C=S)c(F)c2)cc1. The second-order valence-corrected chi connectivity index (χ2v) is 4.40. The molecule has 0 bridgehead atoms. The Morgan fingerprint density at radius 3 is 2.30 bits per heavy atom. The summed E-state index contributed by atoms with van der Waals surface area (Å²) in [7, 11) is 0. The summed E-state index contributed by atoms with van der Waals surface area (Å²) in [5.74, 6) is -1.56. The van der Waals surface area contributed by atoms with Gasteiger partial charge in [0.1, 0.15) is 18.0 Å². The molecule has 0 saturated heterocycles. The molecule has 0 aliphatic carbocycles. The van der Waals surface area contributed by atoms with Crippen LogP contribution in [0.15, 0.2) is 41.4 Å². The first-order valence-electron chi connectivity index (χ1n) is 5.85. The lowest BCUT2D eigenvalue weighted by Gasteiger charge is -2.08. The minimum atomic E-state index is -0.832. The summed E-state index contributed by atoms with van der Waals surface area (Å²) in [4.78, 5) is 3.33. The largest absolute Gasteiger partial charge is 0.489 e. The molecule has 0 aliphatic rings.